The molecule has 3 aromatic rings. The predicted octanol–water partition coefficient (Wildman–Crippen LogP) is 3.95. The number of rotatable bonds is 1. The van der Waals surface area contributed by atoms with E-state index in [1.807, 2.05) is 6.07 Å². The molecule has 0 saturated heterocycles. The molecule has 0 atom stereocenters. The summed E-state index contributed by atoms with van der Waals surface area (Å²) >= 11 is 0. The van der Waals surface area contributed by atoms with Crippen molar-refractivity contribution in [2.75, 3.05) is 0 Å². The van der Waals surface area contributed by atoms with Gasteiger partial charge in [0.15, 0.2) is 0 Å². The van der Waals surface area contributed by atoms with Gasteiger partial charge in [-0.3, -0.25) is 0 Å². The van der Waals surface area contributed by atoms with Gasteiger partial charge < -0.3 is 4.98 Å². The summed E-state index contributed by atoms with van der Waals surface area (Å²) < 4.78 is 39.2. The maximum atomic E-state index is 13.1. The van der Waals surface area contributed by atoms with Gasteiger partial charge in [0, 0.05) is 28.9 Å². The molecule has 102 valence electrons. The van der Waals surface area contributed by atoms with E-state index >= 15 is 0 Å². The average Bonchev–Trinajstić information content (AvgIpc) is 2.80. The van der Waals surface area contributed by atoms with Gasteiger partial charge in [0.25, 0.3) is 0 Å². The number of para-hydroxylation sites is 1. The highest BCUT2D eigenvalue weighted by Crippen LogP contribution is 2.37. The van der Waals surface area contributed by atoms with Crippen molar-refractivity contribution in [1.82, 2.24) is 15.0 Å². The lowest BCUT2D eigenvalue weighted by Crippen LogP contribution is -2.10. The van der Waals surface area contributed by atoms with E-state index in [1.165, 1.54) is 0 Å². The number of aromatic nitrogens is 3. The molecule has 0 amide bonds. The Bertz CT molecular complexity index is 775. The summed E-state index contributed by atoms with van der Waals surface area (Å²) in [5.74, 6) is 0.304. The van der Waals surface area contributed by atoms with Crippen LogP contribution in [0, 0.1) is 6.92 Å². The van der Waals surface area contributed by atoms with Gasteiger partial charge in [0.05, 0.1) is 5.69 Å². The van der Waals surface area contributed by atoms with Crippen LogP contribution in [-0.2, 0) is 6.18 Å². The largest absolute Gasteiger partial charge is 0.419 e. The first-order valence-electron chi connectivity index (χ1n) is 5.94. The molecule has 0 bridgehead atoms. The highest BCUT2D eigenvalue weighted by molar-refractivity contribution is 5.95. The topological polar surface area (TPSA) is 41.6 Å². The minimum atomic E-state index is -4.48. The molecule has 2 aromatic heterocycles. The first-order chi connectivity index (χ1) is 9.47. The Morgan fingerprint density at radius 2 is 1.90 bits per heavy atom. The van der Waals surface area contributed by atoms with Crippen LogP contribution in [0.3, 0.4) is 0 Å². The molecular formula is C14H10F3N3. The molecule has 2 heterocycles. The molecule has 20 heavy (non-hydrogen) atoms. The number of nitrogens with zero attached hydrogens (tertiary/aromatic N) is 2. The molecule has 0 saturated carbocycles. The van der Waals surface area contributed by atoms with Crippen molar-refractivity contribution in [3.8, 4) is 11.3 Å². The van der Waals surface area contributed by atoms with Crippen LogP contribution in [0.1, 0.15) is 11.4 Å². The number of hydrogen-bond donors (Lipinski definition) is 1. The zero-order valence-corrected chi connectivity index (χ0v) is 10.5. The van der Waals surface area contributed by atoms with Gasteiger partial charge in [0.1, 0.15) is 11.4 Å². The number of hydrogen-bond acceptors (Lipinski definition) is 2. The van der Waals surface area contributed by atoms with E-state index in [2.05, 4.69) is 15.0 Å². The summed E-state index contributed by atoms with van der Waals surface area (Å²) in [6.07, 6.45) is -2.11. The molecule has 0 aliphatic carbocycles. The van der Waals surface area contributed by atoms with E-state index in [0.717, 1.165) is 11.7 Å². The van der Waals surface area contributed by atoms with Crippen molar-refractivity contribution in [3.63, 3.8) is 0 Å². The maximum Gasteiger partial charge on any atom is 0.419 e. The van der Waals surface area contributed by atoms with Crippen LogP contribution in [-0.4, -0.2) is 15.0 Å². The Hall–Kier alpha value is -2.37. The minimum Gasteiger partial charge on any atom is -0.360 e. The zero-order chi connectivity index (χ0) is 14.3. The summed E-state index contributed by atoms with van der Waals surface area (Å²) in [4.78, 5) is 10.6. The molecule has 0 radical (unpaired) electrons. The Morgan fingerprint density at radius 3 is 2.65 bits per heavy atom. The number of nitrogens with one attached hydrogen (secondary N) is 1. The molecule has 1 aromatic carbocycles. The number of halogens is 3. The molecule has 1 N–H and O–H groups in total. The molecular weight excluding hydrogens is 267 g/mol. The predicted molar refractivity (Wildman–Crippen MR) is 69.1 cm³/mol. The molecule has 0 aliphatic heterocycles. The Morgan fingerprint density at radius 1 is 1.15 bits per heavy atom. The highest BCUT2D eigenvalue weighted by atomic mass is 19.4. The highest BCUT2D eigenvalue weighted by Gasteiger charge is 2.35. The van der Waals surface area contributed by atoms with E-state index < -0.39 is 11.7 Å². The molecule has 0 aliphatic rings. The molecule has 6 heteroatoms. The van der Waals surface area contributed by atoms with Crippen LogP contribution in [0.15, 0.2) is 36.7 Å². The molecule has 3 nitrogen and oxygen atoms in total. The number of aryl methyl sites for hydroxylation is 1. The lowest BCUT2D eigenvalue weighted by atomic mass is 10.1. The van der Waals surface area contributed by atoms with Crippen LogP contribution in [0.5, 0.6) is 0 Å². The van der Waals surface area contributed by atoms with Gasteiger partial charge in [0.2, 0.25) is 0 Å². The number of benzene rings is 1. The van der Waals surface area contributed by atoms with Gasteiger partial charge in [-0.2, -0.15) is 13.2 Å². The normalized spacial score (nSPS) is 12.0. The summed E-state index contributed by atoms with van der Waals surface area (Å²) in [5, 5.41) is 0.705. The fourth-order valence-electron chi connectivity index (χ4n) is 2.15. The van der Waals surface area contributed by atoms with E-state index in [4.69, 9.17) is 0 Å². The first kappa shape index (κ1) is 12.7. The third-order valence-electron chi connectivity index (χ3n) is 3.06. The van der Waals surface area contributed by atoms with E-state index in [1.54, 1.807) is 31.3 Å². The summed E-state index contributed by atoms with van der Waals surface area (Å²) in [6.45, 7) is 1.57. The molecule has 0 spiro atoms. The fraction of sp³-hybridized carbons (Fsp3) is 0.143. The SMILES string of the molecule is Cc1ncc(C(F)(F)F)c(-c2c[nH]c3ccccc23)n1. The molecule has 0 unspecified atom stereocenters. The van der Waals surface area contributed by atoms with Gasteiger partial charge >= 0.3 is 6.18 Å². The number of aromatic amines is 1. The third kappa shape index (κ3) is 2.03. The van der Waals surface area contributed by atoms with E-state index in [-0.39, 0.29) is 5.69 Å². The Kier molecular flexibility index (Phi) is 2.74. The summed E-state index contributed by atoms with van der Waals surface area (Å²) in [5.41, 5.74) is 0.278. The van der Waals surface area contributed by atoms with Crippen LogP contribution in [0.2, 0.25) is 0 Å². The fourth-order valence-corrected chi connectivity index (χ4v) is 2.15. The van der Waals surface area contributed by atoms with Crippen LogP contribution in [0.25, 0.3) is 22.2 Å². The molecule has 3 rings (SSSR count). The van der Waals surface area contributed by atoms with E-state index in [9.17, 15) is 13.2 Å². The number of fused-ring (bicyclic) bond motifs is 1. The molecule has 0 fully saturated rings. The lowest BCUT2D eigenvalue weighted by molar-refractivity contribution is -0.137. The standard InChI is InChI=1S/C14H10F3N3/c1-8-18-7-11(14(15,16)17)13(20-8)10-6-19-12-5-3-2-4-9(10)12/h2-7,19H,1H3. The lowest BCUT2D eigenvalue weighted by Gasteiger charge is -2.11. The van der Waals surface area contributed by atoms with Crippen LogP contribution in [0.4, 0.5) is 13.2 Å². The summed E-state index contributed by atoms with van der Waals surface area (Å²) in [7, 11) is 0. The van der Waals surface area contributed by atoms with Gasteiger partial charge in [-0.05, 0) is 13.0 Å². The van der Waals surface area contributed by atoms with Crippen LogP contribution >= 0.6 is 0 Å². The average molecular weight is 277 g/mol. The minimum absolute atomic E-state index is 0.0950. The second-order valence-electron chi connectivity index (χ2n) is 4.43. The Balaban J connectivity index is 2.31. The smallest absolute Gasteiger partial charge is 0.360 e. The van der Waals surface area contributed by atoms with Crippen molar-refractivity contribution >= 4 is 10.9 Å². The second kappa shape index (κ2) is 4.33. The van der Waals surface area contributed by atoms with Crippen molar-refractivity contribution < 1.29 is 13.2 Å². The van der Waals surface area contributed by atoms with Crippen molar-refractivity contribution in [2.45, 2.75) is 13.1 Å². The maximum absolute atomic E-state index is 13.1. The third-order valence-corrected chi connectivity index (χ3v) is 3.06. The Labute approximate surface area is 112 Å². The number of alkyl halides is 3. The monoisotopic (exact) mass is 277 g/mol. The van der Waals surface area contributed by atoms with Gasteiger partial charge in [-0.25, -0.2) is 9.97 Å². The van der Waals surface area contributed by atoms with Crippen molar-refractivity contribution in [1.29, 1.82) is 0 Å². The zero-order valence-electron chi connectivity index (χ0n) is 10.5. The van der Waals surface area contributed by atoms with Crippen LogP contribution < -0.4 is 0 Å². The van der Waals surface area contributed by atoms with Crippen molar-refractivity contribution in [3.05, 3.63) is 48.0 Å². The second-order valence-corrected chi connectivity index (χ2v) is 4.43. The summed E-state index contributed by atoms with van der Waals surface area (Å²) in [6, 6.07) is 7.17. The van der Waals surface area contributed by atoms with E-state index in [0.29, 0.717) is 16.8 Å². The number of H-pyrrole nitrogens is 1. The van der Waals surface area contributed by atoms with Gasteiger partial charge in [-0.15, -0.1) is 0 Å². The van der Waals surface area contributed by atoms with Gasteiger partial charge in [-0.1, -0.05) is 18.2 Å². The van der Waals surface area contributed by atoms with Crippen molar-refractivity contribution in [2.24, 2.45) is 0 Å². The first-order valence-corrected chi connectivity index (χ1v) is 5.94. The quantitative estimate of drug-likeness (QED) is 0.731.